The summed E-state index contributed by atoms with van der Waals surface area (Å²) in [6, 6.07) is 5.65. The van der Waals surface area contributed by atoms with Gasteiger partial charge in [0.05, 0.1) is 5.57 Å². The lowest BCUT2D eigenvalue weighted by Crippen LogP contribution is -2.55. The van der Waals surface area contributed by atoms with E-state index in [9.17, 15) is 14.5 Å². The first-order valence-electron chi connectivity index (χ1n) is 7.24. The molecule has 0 amide bonds. The third kappa shape index (κ3) is 2.53. The van der Waals surface area contributed by atoms with Gasteiger partial charge in [0.2, 0.25) is 5.78 Å². The fourth-order valence-electron chi connectivity index (χ4n) is 2.87. The lowest BCUT2D eigenvalue weighted by Gasteiger charge is -2.42. The Hall–Kier alpha value is -0.780. The maximum Gasteiger partial charge on any atom is 0.221 e. The largest absolute Gasteiger partial charge is 0.615 e. The Bertz CT molecular complexity index is 662. The molecule has 1 aliphatic rings. The fraction of sp³-hybridized carbons (Fsp3) is 0.471. The van der Waals surface area contributed by atoms with Gasteiger partial charge in [-0.3, -0.25) is 4.79 Å². The molecule has 0 saturated carbocycles. The summed E-state index contributed by atoms with van der Waals surface area (Å²) >= 11 is 1.94. The zero-order valence-electron chi connectivity index (χ0n) is 13.5. The monoisotopic (exact) mass is 384 g/mol. The maximum absolute atomic E-state index is 12.9. The predicted molar refractivity (Wildman–Crippen MR) is 94.4 cm³/mol. The van der Waals surface area contributed by atoms with Crippen molar-refractivity contribution in [2.75, 3.05) is 0 Å². The van der Waals surface area contributed by atoms with Crippen molar-refractivity contribution >= 4 is 38.5 Å². The lowest BCUT2D eigenvalue weighted by molar-refractivity contribution is -0.115. The van der Waals surface area contributed by atoms with Crippen molar-refractivity contribution in [2.24, 2.45) is 0 Å². The van der Waals surface area contributed by atoms with Crippen LogP contribution < -0.4 is 0 Å². The maximum atomic E-state index is 12.9. The number of Topliss-reactive ketones (excluding diaryl/α,β-unsaturated/α-hetero) is 1. The summed E-state index contributed by atoms with van der Waals surface area (Å²) in [7, 11) is 0. The number of benzene rings is 1. The average molecular weight is 385 g/mol. The van der Waals surface area contributed by atoms with Gasteiger partial charge < -0.3 is 9.66 Å². The molecule has 3 nitrogen and oxygen atoms in total. The number of carbonyl (C=O) groups is 1. The van der Waals surface area contributed by atoms with Crippen molar-refractivity contribution in [3.05, 3.63) is 39.6 Å². The van der Waals surface area contributed by atoms with E-state index in [1.54, 1.807) is 27.7 Å². The van der Waals surface area contributed by atoms with Gasteiger partial charge in [0.1, 0.15) is 0 Å². The zero-order valence-corrected chi connectivity index (χ0v) is 15.9. The highest BCUT2D eigenvalue weighted by Gasteiger charge is 2.57. The van der Waals surface area contributed by atoms with Crippen molar-refractivity contribution in [3.8, 4) is 0 Å². The number of aryl methyl sites for hydroxylation is 1. The molecule has 0 radical (unpaired) electrons. The number of allylic oxidation sites excluding steroid dienone is 1. The molecule has 0 aromatic heterocycles. The van der Waals surface area contributed by atoms with Crippen LogP contribution in [0.1, 0.15) is 45.7 Å². The van der Waals surface area contributed by atoms with E-state index in [1.165, 1.54) is 0 Å². The predicted octanol–water partition coefficient (Wildman–Crippen LogP) is 4.17. The summed E-state index contributed by atoms with van der Waals surface area (Å²) in [6.45, 7) is 8.81. The molecule has 0 fully saturated rings. The minimum atomic E-state index is -1.50. The van der Waals surface area contributed by atoms with Crippen LogP contribution in [0.25, 0.3) is 5.57 Å². The van der Waals surface area contributed by atoms with Crippen LogP contribution in [-0.4, -0.2) is 24.9 Å². The van der Waals surface area contributed by atoms with Gasteiger partial charge in [0.25, 0.3) is 0 Å². The summed E-state index contributed by atoms with van der Waals surface area (Å²) in [4.78, 5) is 12.9. The molecule has 0 saturated heterocycles. The molecule has 1 atom stereocenters. The fourth-order valence-corrected chi connectivity index (χ4v) is 5.10. The van der Waals surface area contributed by atoms with Gasteiger partial charge in [0.15, 0.2) is 15.3 Å². The second-order valence-electron chi connectivity index (χ2n) is 6.50. The minimum absolute atomic E-state index is 0.0767. The SMILES string of the molecule is CCc1cc(Br)ccc1C1=C(O)C(C)(C)[S+]([O-])C(C)(C)C1=O. The smallest absolute Gasteiger partial charge is 0.221 e. The number of aliphatic hydroxyl groups excluding tert-OH is 1. The van der Waals surface area contributed by atoms with Gasteiger partial charge in [-0.05, 0) is 68.6 Å². The molecule has 1 heterocycles. The molecule has 5 heteroatoms. The molecule has 2 rings (SSSR count). The number of ketones is 1. The number of rotatable bonds is 2. The van der Waals surface area contributed by atoms with Crippen molar-refractivity contribution in [3.63, 3.8) is 0 Å². The number of hydrogen-bond acceptors (Lipinski definition) is 3. The molecule has 0 bridgehead atoms. The standard InChI is InChI=1S/C17H21BrO3S/c1-6-10-9-11(18)7-8-12(10)13-14(19)16(2,3)22(21)17(4,5)15(13)20/h7-9,19H,6H2,1-5H3. The second-order valence-corrected chi connectivity index (χ2v) is 9.99. The molecule has 22 heavy (non-hydrogen) atoms. The molecule has 0 aliphatic carbocycles. The summed E-state index contributed by atoms with van der Waals surface area (Å²) in [5.74, 6) is -0.341. The highest BCUT2D eigenvalue weighted by molar-refractivity contribution is 9.10. The molecule has 1 unspecified atom stereocenters. The van der Waals surface area contributed by atoms with Gasteiger partial charge in [-0.1, -0.05) is 28.9 Å². The molecule has 1 aliphatic heterocycles. The van der Waals surface area contributed by atoms with E-state index in [0.717, 1.165) is 22.0 Å². The van der Waals surface area contributed by atoms with E-state index in [4.69, 9.17) is 0 Å². The van der Waals surface area contributed by atoms with Crippen molar-refractivity contribution < 1.29 is 14.5 Å². The lowest BCUT2D eigenvalue weighted by atomic mass is 9.86. The third-order valence-electron chi connectivity index (χ3n) is 4.23. The topological polar surface area (TPSA) is 60.4 Å². The number of carbonyl (C=O) groups excluding carboxylic acids is 1. The number of halogens is 1. The molecule has 1 N–H and O–H groups in total. The van der Waals surface area contributed by atoms with Crippen molar-refractivity contribution in [1.29, 1.82) is 0 Å². The molecule has 1 aromatic carbocycles. The first kappa shape index (κ1) is 17.6. The third-order valence-corrected chi connectivity index (χ3v) is 6.95. The first-order valence-corrected chi connectivity index (χ1v) is 9.18. The van der Waals surface area contributed by atoms with E-state index >= 15 is 0 Å². The summed E-state index contributed by atoms with van der Waals surface area (Å²) in [5.41, 5.74) is 2.01. The van der Waals surface area contributed by atoms with Crippen molar-refractivity contribution in [1.82, 2.24) is 0 Å². The Labute approximate surface area is 143 Å². The summed E-state index contributed by atoms with van der Waals surface area (Å²) in [5, 5.41) is 10.7. The van der Waals surface area contributed by atoms with Crippen LogP contribution in [0.2, 0.25) is 0 Å². The molecular formula is C17H21BrO3S. The van der Waals surface area contributed by atoms with Crippen LogP contribution in [0.4, 0.5) is 0 Å². The Kier molecular flexibility index (Phi) is 4.55. The van der Waals surface area contributed by atoms with E-state index in [0.29, 0.717) is 5.57 Å². The Morgan fingerprint density at radius 1 is 1.23 bits per heavy atom. The normalized spacial score (nSPS) is 23.8. The number of aliphatic hydroxyl groups is 1. The van der Waals surface area contributed by atoms with Crippen molar-refractivity contribution in [2.45, 2.75) is 50.5 Å². The first-order chi connectivity index (χ1) is 10.0. The van der Waals surface area contributed by atoms with Crippen LogP contribution in [-0.2, 0) is 22.4 Å². The van der Waals surface area contributed by atoms with Gasteiger partial charge in [0, 0.05) is 4.47 Å². The van der Waals surface area contributed by atoms with Gasteiger partial charge in [-0.25, -0.2) is 0 Å². The number of hydrogen-bond donors (Lipinski definition) is 1. The van der Waals surface area contributed by atoms with Crippen LogP contribution in [0.15, 0.2) is 28.4 Å². The highest BCUT2D eigenvalue weighted by atomic mass is 79.9. The van der Waals surface area contributed by atoms with Crippen LogP contribution in [0.5, 0.6) is 0 Å². The van der Waals surface area contributed by atoms with E-state index < -0.39 is 20.7 Å². The van der Waals surface area contributed by atoms with Gasteiger partial charge >= 0.3 is 0 Å². The minimum Gasteiger partial charge on any atom is -0.615 e. The Balaban J connectivity index is 2.77. The zero-order chi connectivity index (χ0) is 16.9. The molecule has 1 aromatic rings. The van der Waals surface area contributed by atoms with E-state index in [1.807, 2.05) is 25.1 Å². The van der Waals surface area contributed by atoms with Crippen LogP contribution >= 0.6 is 15.9 Å². The molecule has 0 spiro atoms. The van der Waals surface area contributed by atoms with E-state index in [-0.39, 0.29) is 11.5 Å². The highest BCUT2D eigenvalue weighted by Crippen LogP contribution is 2.45. The Morgan fingerprint density at radius 2 is 1.82 bits per heavy atom. The van der Waals surface area contributed by atoms with Crippen LogP contribution in [0.3, 0.4) is 0 Å². The molecular weight excluding hydrogens is 364 g/mol. The summed E-state index contributed by atoms with van der Waals surface area (Å²) < 4.78 is 11.6. The quantitative estimate of drug-likeness (QED) is 0.778. The molecule has 120 valence electrons. The van der Waals surface area contributed by atoms with Gasteiger partial charge in [-0.2, -0.15) is 0 Å². The van der Waals surface area contributed by atoms with Gasteiger partial charge in [-0.15, -0.1) is 0 Å². The van der Waals surface area contributed by atoms with E-state index in [2.05, 4.69) is 15.9 Å². The van der Waals surface area contributed by atoms with Crippen LogP contribution in [0, 0.1) is 0 Å². The average Bonchev–Trinajstić information content (AvgIpc) is 2.46. The summed E-state index contributed by atoms with van der Waals surface area (Å²) in [6.07, 6.45) is 0.739. The Morgan fingerprint density at radius 3 is 2.36 bits per heavy atom. The second kappa shape index (κ2) is 5.69.